The lowest BCUT2D eigenvalue weighted by molar-refractivity contribution is -0.144. The molecular formula is C30H35F5N6O3. The standard InChI is InChI=1S/C30H35F5N6O3/c31-29(32)10-7-19(8-11-29)27(39-28(43)21-16-44-40-26(21)17-3-1-2-4-17)22-15-41-23(37-22)13-20(14-36-41)25(18-5-6-18)38-24(42)9-12-30(33,34)35/h13-19,25,27H,1-12H2,(H,38,42)(H,39,43)/t25-,27+/m1/s1. The molecule has 0 radical (unpaired) electrons. The van der Waals surface area contributed by atoms with Crippen molar-refractivity contribution in [2.45, 2.75) is 107 Å². The maximum absolute atomic E-state index is 14.1. The first-order valence-electron chi connectivity index (χ1n) is 15.3. The molecule has 0 spiro atoms. The van der Waals surface area contributed by atoms with Crippen molar-refractivity contribution in [1.82, 2.24) is 30.4 Å². The van der Waals surface area contributed by atoms with Crippen LogP contribution >= 0.6 is 0 Å². The Morgan fingerprint density at radius 2 is 1.73 bits per heavy atom. The van der Waals surface area contributed by atoms with Gasteiger partial charge in [0.25, 0.3) is 5.91 Å². The summed E-state index contributed by atoms with van der Waals surface area (Å²) in [4.78, 5) is 30.6. The van der Waals surface area contributed by atoms with Crippen molar-refractivity contribution in [1.29, 1.82) is 0 Å². The van der Waals surface area contributed by atoms with Gasteiger partial charge in [0, 0.05) is 25.2 Å². The Labute approximate surface area is 250 Å². The van der Waals surface area contributed by atoms with Crippen molar-refractivity contribution in [2.24, 2.45) is 11.8 Å². The molecule has 2 N–H and O–H groups in total. The molecule has 6 rings (SSSR count). The average Bonchev–Trinajstić information content (AvgIpc) is 3.34. The molecule has 3 saturated carbocycles. The van der Waals surface area contributed by atoms with Crippen molar-refractivity contribution in [3.8, 4) is 0 Å². The molecule has 14 heteroatoms. The molecule has 0 aromatic carbocycles. The number of nitrogens with zero attached hydrogens (tertiary/aromatic N) is 4. The summed E-state index contributed by atoms with van der Waals surface area (Å²) in [5.74, 6) is -3.94. The normalized spacial score (nSPS) is 20.9. The van der Waals surface area contributed by atoms with E-state index in [-0.39, 0.29) is 43.4 Å². The second kappa shape index (κ2) is 12.1. The minimum atomic E-state index is -4.43. The highest BCUT2D eigenvalue weighted by Crippen LogP contribution is 2.43. The largest absolute Gasteiger partial charge is 0.389 e. The predicted octanol–water partition coefficient (Wildman–Crippen LogP) is 6.58. The topological polar surface area (TPSA) is 114 Å². The molecule has 3 aliphatic rings. The summed E-state index contributed by atoms with van der Waals surface area (Å²) in [6.07, 6.45) is 3.60. The highest BCUT2D eigenvalue weighted by molar-refractivity contribution is 5.95. The van der Waals surface area contributed by atoms with E-state index in [0.717, 1.165) is 38.5 Å². The van der Waals surface area contributed by atoms with E-state index in [1.807, 2.05) is 0 Å². The Morgan fingerprint density at radius 1 is 1.02 bits per heavy atom. The number of rotatable bonds is 10. The number of carbonyl (C=O) groups is 2. The zero-order chi connectivity index (χ0) is 31.1. The Bertz CT molecular complexity index is 1480. The van der Waals surface area contributed by atoms with Crippen LogP contribution < -0.4 is 10.6 Å². The zero-order valence-electron chi connectivity index (χ0n) is 24.1. The van der Waals surface area contributed by atoms with Gasteiger partial charge in [-0.15, -0.1) is 0 Å². The molecule has 0 unspecified atom stereocenters. The van der Waals surface area contributed by atoms with Crippen LogP contribution in [0.5, 0.6) is 0 Å². The van der Waals surface area contributed by atoms with Crippen LogP contribution in [0.2, 0.25) is 0 Å². The van der Waals surface area contributed by atoms with E-state index >= 15 is 0 Å². The van der Waals surface area contributed by atoms with E-state index in [9.17, 15) is 31.5 Å². The summed E-state index contributed by atoms with van der Waals surface area (Å²) in [5, 5.41) is 14.3. The van der Waals surface area contributed by atoms with Crippen LogP contribution in [0.4, 0.5) is 22.0 Å². The summed E-state index contributed by atoms with van der Waals surface area (Å²) < 4.78 is 72.8. The van der Waals surface area contributed by atoms with Crippen LogP contribution in [-0.2, 0) is 4.79 Å². The van der Waals surface area contributed by atoms with Crippen LogP contribution in [0.25, 0.3) is 5.65 Å². The van der Waals surface area contributed by atoms with Gasteiger partial charge in [-0.3, -0.25) is 9.59 Å². The number of imidazole rings is 1. The van der Waals surface area contributed by atoms with E-state index in [2.05, 4.69) is 20.9 Å². The molecule has 2 atom stereocenters. The van der Waals surface area contributed by atoms with Crippen LogP contribution in [0, 0.1) is 11.8 Å². The summed E-state index contributed by atoms with van der Waals surface area (Å²) in [5.41, 5.74) is 2.42. The van der Waals surface area contributed by atoms with Gasteiger partial charge in [0.2, 0.25) is 11.8 Å². The molecule has 44 heavy (non-hydrogen) atoms. The third-order valence-electron chi connectivity index (χ3n) is 9.19. The zero-order valence-corrected chi connectivity index (χ0v) is 24.1. The fourth-order valence-corrected chi connectivity index (χ4v) is 6.59. The summed E-state index contributed by atoms with van der Waals surface area (Å²) in [7, 11) is 0. The van der Waals surface area contributed by atoms with Gasteiger partial charge in [-0.2, -0.15) is 18.3 Å². The SMILES string of the molecule is O=C(CCC(F)(F)F)N[C@@H](c1cnn2cc([C@@H](NC(=O)c3conc3C3CCCC3)C3CCC(F)(F)CC3)nc2c1)C1CC1. The lowest BCUT2D eigenvalue weighted by atomic mass is 9.81. The lowest BCUT2D eigenvalue weighted by Crippen LogP contribution is -2.37. The maximum Gasteiger partial charge on any atom is 0.389 e. The number of fused-ring (bicyclic) bond motifs is 1. The second-order valence-electron chi connectivity index (χ2n) is 12.5. The molecule has 0 aliphatic heterocycles. The van der Waals surface area contributed by atoms with Gasteiger partial charge in [0.15, 0.2) is 5.65 Å². The quantitative estimate of drug-likeness (QED) is 0.247. The van der Waals surface area contributed by atoms with Crippen molar-refractivity contribution < 1.29 is 36.1 Å². The lowest BCUT2D eigenvalue weighted by Gasteiger charge is -2.33. The molecule has 2 amide bonds. The minimum absolute atomic E-state index is 0.0806. The molecule has 3 aromatic rings. The molecular weight excluding hydrogens is 587 g/mol. The first kappa shape index (κ1) is 30.4. The molecule has 3 heterocycles. The molecule has 3 aliphatic carbocycles. The number of alkyl halides is 5. The summed E-state index contributed by atoms with van der Waals surface area (Å²) >= 11 is 0. The molecule has 238 valence electrons. The monoisotopic (exact) mass is 622 g/mol. The molecule has 3 fully saturated rings. The van der Waals surface area contributed by atoms with Crippen molar-refractivity contribution >= 4 is 17.5 Å². The Hall–Kier alpha value is -3.58. The van der Waals surface area contributed by atoms with Gasteiger partial charge in [-0.05, 0) is 62.0 Å². The number of halogens is 5. The highest BCUT2D eigenvalue weighted by atomic mass is 19.4. The van der Waals surface area contributed by atoms with Crippen LogP contribution in [0.3, 0.4) is 0 Å². The molecule has 0 bridgehead atoms. The van der Waals surface area contributed by atoms with Gasteiger partial charge in [0.1, 0.15) is 11.8 Å². The van der Waals surface area contributed by atoms with Crippen LogP contribution in [0.15, 0.2) is 29.2 Å². The number of hydrogen-bond donors (Lipinski definition) is 2. The van der Waals surface area contributed by atoms with Gasteiger partial charge in [-0.25, -0.2) is 18.3 Å². The number of hydrogen-bond acceptors (Lipinski definition) is 6. The van der Waals surface area contributed by atoms with E-state index < -0.39 is 48.8 Å². The number of amides is 2. The van der Waals surface area contributed by atoms with Gasteiger partial charge in [0.05, 0.1) is 42.3 Å². The van der Waals surface area contributed by atoms with Gasteiger partial charge >= 0.3 is 6.18 Å². The van der Waals surface area contributed by atoms with Crippen LogP contribution in [-0.4, -0.2) is 43.7 Å². The van der Waals surface area contributed by atoms with Crippen LogP contribution in [0.1, 0.15) is 122 Å². The van der Waals surface area contributed by atoms with Gasteiger partial charge in [-0.1, -0.05) is 18.0 Å². The minimum Gasteiger partial charge on any atom is -0.364 e. The highest BCUT2D eigenvalue weighted by Gasteiger charge is 2.40. The van der Waals surface area contributed by atoms with Gasteiger partial charge < -0.3 is 15.2 Å². The van der Waals surface area contributed by atoms with E-state index in [1.165, 1.54) is 10.8 Å². The third-order valence-corrected chi connectivity index (χ3v) is 9.19. The number of carbonyl (C=O) groups excluding carboxylic acids is 2. The molecule has 9 nitrogen and oxygen atoms in total. The van der Waals surface area contributed by atoms with E-state index in [1.54, 1.807) is 18.5 Å². The predicted molar refractivity (Wildman–Crippen MR) is 147 cm³/mol. The second-order valence-corrected chi connectivity index (χ2v) is 12.5. The summed E-state index contributed by atoms with van der Waals surface area (Å²) in [6, 6.07) is 0.527. The van der Waals surface area contributed by atoms with E-state index in [0.29, 0.717) is 28.2 Å². The first-order chi connectivity index (χ1) is 21.0. The molecule has 3 aromatic heterocycles. The third kappa shape index (κ3) is 7.04. The summed E-state index contributed by atoms with van der Waals surface area (Å²) in [6.45, 7) is 0. The Balaban J connectivity index is 1.25. The van der Waals surface area contributed by atoms with E-state index in [4.69, 9.17) is 9.51 Å². The van der Waals surface area contributed by atoms with Crippen molar-refractivity contribution in [2.75, 3.05) is 0 Å². The fourth-order valence-electron chi connectivity index (χ4n) is 6.59. The first-order valence-corrected chi connectivity index (χ1v) is 15.3. The van der Waals surface area contributed by atoms with Crippen molar-refractivity contribution in [3.63, 3.8) is 0 Å². The number of nitrogens with one attached hydrogen (secondary N) is 2. The Kier molecular flexibility index (Phi) is 8.35. The smallest absolute Gasteiger partial charge is 0.364 e. The fraction of sp³-hybridized carbons (Fsp3) is 0.633. The average molecular weight is 623 g/mol. The Morgan fingerprint density at radius 3 is 2.41 bits per heavy atom. The maximum atomic E-state index is 14.1. The number of aromatic nitrogens is 4. The molecule has 0 saturated heterocycles. The van der Waals surface area contributed by atoms with Crippen molar-refractivity contribution in [3.05, 3.63) is 47.2 Å².